The third kappa shape index (κ3) is 6.33. The van der Waals surface area contributed by atoms with Gasteiger partial charge in [-0.05, 0) is 101 Å². The molecule has 4 saturated carbocycles. The van der Waals surface area contributed by atoms with Crippen molar-refractivity contribution in [2.45, 2.75) is 135 Å². The fourth-order valence-electron chi connectivity index (χ4n) is 7.65. The number of carbonyl (C=O) groups excluding carboxylic acids is 2. The lowest BCUT2D eigenvalue weighted by Crippen LogP contribution is -2.45. The summed E-state index contributed by atoms with van der Waals surface area (Å²) in [7, 11) is -1.90. The van der Waals surface area contributed by atoms with Crippen LogP contribution in [0, 0.1) is 35.5 Å². The molecular weight excluding hydrogens is 492 g/mol. The second-order valence-corrected chi connectivity index (χ2v) is 19.2. The Morgan fingerprint density at radius 3 is 2.34 bits per heavy atom. The summed E-state index contributed by atoms with van der Waals surface area (Å²) < 4.78 is 12.2. The highest BCUT2D eigenvalue weighted by atomic mass is 28.4. The van der Waals surface area contributed by atoms with Crippen LogP contribution in [0.25, 0.3) is 0 Å². The lowest BCUT2D eigenvalue weighted by molar-refractivity contribution is -0.153. The molecule has 0 bridgehead atoms. The van der Waals surface area contributed by atoms with E-state index in [1.54, 1.807) is 0 Å². The number of rotatable bonds is 8. The van der Waals surface area contributed by atoms with E-state index in [4.69, 9.17) is 9.16 Å². The van der Waals surface area contributed by atoms with E-state index in [9.17, 15) is 14.7 Å². The van der Waals surface area contributed by atoms with Gasteiger partial charge in [-0.1, -0.05) is 52.2 Å². The van der Waals surface area contributed by atoms with E-state index in [-0.39, 0.29) is 40.6 Å². The number of allylic oxidation sites excluding steroid dienone is 1. The van der Waals surface area contributed by atoms with Gasteiger partial charge in [0.05, 0.1) is 24.2 Å². The van der Waals surface area contributed by atoms with Gasteiger partial charge in [0.15, 0.2) is 8.32 Å². The third-order valence-electron chi connectivity index (χ3n) is 11.1. The quantitative estimate of drug-likeness (QED) is 0.197. The second kappa shape index (κ2) is 11.9. The van der Waals surface area contributed by atoms with Gasteiger partial charge < -0.3 is 14.3 Å². The highest BCUT2D eigenvalue weighted by Gasteiger charge is 2.56. The van der Waals surface area contributed by atoms with Crippen LogP contribution in [0.1, 0.15) is 105 Å². The summed E-state index contributed by atoms with van der Waals surface area (Å²) in [6.07, 6.45) is 16.5. The topological polar surface area (TPSA) is 72.8 Å². The summed E-state index contributed by atoms with van der Waals surface area (Å²) in [4.78, 5) is 25.7. The van der Waals surface area contributed by atoms with Gasteiger partial charge in [-0.25, -0.2) is 0 Å². The van der Waals surface area contributed by atoms with Crippen LogP contribution in [-0.2, 0) is 18.8 Å². The van der Waals surface area contributed by atoms with Crippen molar-refractivity contribution >= 4 is 20.1 Å². The Morgan fingerprint density at radius 2 is 1.74 bits per heavy atom. The van der Waals surface area contributed by atoms with Crippen LogP contribution in [0.2, 0.25) is 18.1 Å². The number of ether oxygens (including phenoxy) is 1. The van der Waals surface area contributed by atoms with Crippen molar-refractivity contribution in [1.29, 1.82) is 0 Å². The van der Waals surface area contributed by atoms with Gasteiger partial charge in [-0.15, -0.1) is 0 Å². The molecule has 0 aliphatic heterocycles. The first-order valence-electron chi connectivity index (χ1n) is 15.6. The molecule has 4 rings (SSSR count). The second-order valence-electron chi connectivity index (χ2n) is 14.5. The van der Waals surface area contributed by atoms with Crippen molar-refractivity contribution in [3.63, 3.8) is 0 Å². The maximum absolute atomic E-state index is 13.5. The van der Waals surface area contributed by atoms with E-state index >= 15 is 0 Å². The number of ketones is 1. The van der Waals surface area contributed by atoms with Crippen molar-refractivity contribution in [3.8, 4) is 0 Å². The zero-order chi connectivity index (χ0) is 27.7. The van der Waals surface area contributed by atoms with E-state index < -0.39 is 13.9 Å². The van der Waals surface area contributed by atoms with Gasteiger partial charge >= 0.3 is 5.97 Å². The minimum absolute atomic E-state index is 0.0795. The molecule has 38 heavy (non-hydrogen) atoms. The number of aliphatic hydroxyl groups is 1. The van der Waals surface area contributed by atoms with Crippen molar-refractivity contribution in [2.24, 2.45) is 35.5 Å². The Labute approximate surface area is 232 Å². The van der Waals surface area contributed by atoms with E-state index in [0.29, 0.717) is 50.0 Å². The lowest BCUT2D eigenvalue weighted by atomic mass is 9.70. The average molecular weight is 547 g/mol. The van der Waals surface area contributed by atoms with Crippen LogP contribution in [0.4, 0.5) is 0 Å². The van der Waals surface area contributed by atoms with Crippen molar-refractivity contribution in [2.75, 3.05) is 6.61 Å². The summed E-state index contributed by atoms with van der Waals surface area (Å²) in [6, 6.07) is 0. The zero-order valence-corrected chi connectivity index (χ0v) is 26.0. The third-order valence-corrected chi connectivity index (χ3v) is 15.6. The molecule has 5 unspecified atom stereocenters. The Kier molecular flexibility index (Phi) is 9.36. The standard InChI is InChI=1S/C32H54O5Si/c1-7-36-30(34)24-17-19-32(35,20-18-24)27-21-26-22(13-15-25(26)29(27)33)14-16-28(23-11-9-8-10-12-23)37-38(5,6)31(2,3)4/h14,16,22-28,35H,7-13,15,17-21H2,1-6H3. The largest absolute Gasteiger partial charge is 0.466 e. The molecule has 5 atom stereocenters. The van der Waals surface area contributed by atoms with Crippen molar-refractivity contribution in [1.82, 2.24) is 0 Å². The first kappa shape index (κ1) is 30.0. The molecule has 4 aliphatic carbocycles. The maximum Gasteiger partial charge on any atom is 0.308 e. The zero-order valence-electron chi connectivity index (χ0n) is 25.0. The molecule has 4 aliphatic rings. The van der Waals surface area contributed by atoms with Gasteiger partial charge in [-0.3, -0.25) is 9.59 Å². The first-order valence-corrected chi connectivity index (χ1v) is 18.6. The molecule has 1 N–H and O–H groups in total. The van der Waals surface area contributed by atoms with Gasteiger partial charge in [0.1, 0.15) is 5.78 Å². The molecule has 0 radical (unpaired) electrons. The number of hydrogen-bond acceptors (Lipinski definition) is 5. The fraction of sp³-hybridized carbons (Fsp3) is 0.875. The van der Waals surface area contributed by atoms with Crippen LogP contribution in [-0.4, -0.2) is 43.5 Å². The Morgan fingerprint density at radius 1 is 1.08 bits per heavy atom. The van der Waals surface area contributed by atoms with Crippen LogP contribution < -0.4 is 0 Å². The molecule has 6 heteroatoms. The highest BCUT2D eigenvalue weighted by Crippen LogP contribution is 2.54. The first-order chi connectivity index (χ1) is 17.9. The molecule has 0 aromatic heterocycles. The summed E-state index contributed by atoms with van der Waals surface area (Å²) in [5.74, 6) is 1.11. The van der Waals surface area contributed by atoms with E-state index in [1.165, 1.54) is 32.1 Å². The van der Waals surface area contributed by atoms with E-state index in [2.05, 4.69) is 46.0 Å². The molecule has 0 aromatic rings. The summed E-state index contributed by atoms with van der Waals surface area (Å²) >= 11 is 0. The number of esters is 1. The molecule has 0 spiro atoms. The molecule has 4 fully saturated rings. The number of Topliss-reactive ketones (excluding diaryl/α,β-unsaturated/α-hetero) is 1. The Balaban J connectivity index is 1.43. The van der Waals surface area contributed by atoms with Gasteiger partial charge in [0.2, 0.25) is 0 Å². The summed E-state index contributed by atoms with van der Waals surface area (Å²) in [5.41, 5.74) is -0.964. The van der Waals surface area contributed by atoms with Gasteiger partial charge in [0.25, 0.3) is 0 Å². The number of carbonyl (C=O) groups is 2. The van der Waals surface area contributed by atoms with Crippen LogP contribution in [0.3, 0.4) is 0 Å². The van der Waals surface area contributed by atoms with Crippen LogP contribution >= 0.6 is 0 Å². The Hall–Kier alpha value is -0.983. The molecule has 0 heterocycles. The van der Waals surface area contributed by atoms with Crippen LogP contribution in [0.15, 0.2) is 12.2 Å². The maximum atomic E-state index is 13.5. The molecule has 0 aromatic carbocycles. The number of hydrogen-bond donors (Lipinski definition) is 1. The van der Waals surface area contributed by atoms with Crippen molar-refractivity contribution < 1.29 is 23.9 Å². The van der Waals surface area contributed by atoms with E-state index in [0.717, 1.165) is 19.3 Å². The highest BCUT2D eigenvalue weighted by molar-refractivity contribution is 6.74. The fourth-order valence-corrected chi connectivity index (χ4v) is 8.95. The lowest BCUT2D eigenvalue weighted by Gasteiger charge is -2.41. The normalized spacial score (nSPS) is 36.0. The SMILES string of the molecule is CCOC(=O)C1CCC(O)(C2CC3C(C=CC(O[Si](C)(C)C(C)(C)C)C4CCCCC4)CCC3C2=O)CC1. The molecule has 0 amide bonds. The smallest absolute Gasteiger partial charge is 0.308 e. The predicted octanol–water partition coefficient (Wildman–Crippen LogP) is 7.23. The summed E-state index contributed by atoms with van der Waals surface area (Å²) in [6.45, 7) is 13.9. The van der Waals surface area contributed by atoms with Gasteiger partial charge in [0, 0.05) is 11.8 Å². The van der Waals surface area contributed by atoms with Crippen molar-refractivity contribution in [3.05, 3.63) is 12.2 Å². The minimum atomic E-state index is -1.90. The number of fused-ring (bicyclic) bond motifs is 1. The van der Waals surface area contributed by atoms with Crippen LogP contribution in [0.5, 0.6) is 0 Å². The monoisotopic (exact) mass is 546 g/mol. The Bertz CT molecular complexity index is 860. The molecule has 0 saturated heterocycles. The predicted molar refractivity (Wildman–Crippen MR) is 154 cm³/mol. The summed E-state index contributed by atoms with van der Waals surface area (Å²) in [5, 5.41) is 11.8. The minimum Gasteiger partial charge on any atom is -0.466 e. The molecule has 5 nitrogen and oxygen atoms in total. The molecule has 216 valence electrons. The van der Waals surface area contributed by atoms with Gasteiger partial charge in [-0.2, -0.15) is 0 Å². The average Bonchev–Trinajstić information content (AvgIpc) is 3.42. The molecular formula is C32H54O5Si. The van der Waals surface area contributed by atoms with E-state index in [1.807, 2.05) is 6.92 Å².